The summed E-state index contributed by atoms with van der Waals surface area (Å²) in [5.74, 6) is -3.32. The van der Waals surface area contributed by atoms with Crippen LogP contribution < -0.4 is 11.5 Å². The highest BCUT2D eigenvalue weighted by Crippen LogP contribution is 2.29. The number of carbonyl (C=O) groups is 2. The first-order valence-electron chi connectivity index (χ1n) is 19.6. The maximum absolute atomic E-state index is 14.8. The zero-order valence-electron chi connectivity index (χ0n) is 34.8. The van der Waals surface area contributed by atoms with Crippen LogP contribution in [0.15, 0.2) is 109 Å². The molecule has 0 bridgehead atoms. The van der Waals surface area contributed by atoms with Crippen molar-refractivity contribution in [3.05, 3.63) is 132 Å². The van der Waals surface area contributed by atoms with Gasteiger partial charge < -0.3 is 21.7 Å². The molecule has 0 spiro atoms. The van der Waals surface area contributed by atoms with Crippen LogP contribution in [0.2, 0.25) is 0 Å². The molecule has 18 heteroatoms. The Hall–Kier alpha value is -4.66. The minimum Gasteiger partial charge on any atom is -0.388 e. The Kier molecular flexibility index (Phi) is 17.0. The van der Waals surface area contributed by atoms with Gasteiger partial charge in [-0.1, -0.05) is 100 Å². The second-order valence-electron chi connectivity index (χ2n) is 15.5. The van der Waals surface area contributed by atoms with Gasteiger partial charge in [-0.25, -0.2) is 8.61 Å². The van der Waals surface area contributed by atoms with Gasteiger partial charge in [-0.2, -0.15) is 25.4 Å². The van der Waals surface area contributed by atoms with Crippen molar-refractivity contribution in [2.24, 2.45) is 23.3 Å². The van der Waals surface area contributed by atoms with E-state index >= 15 is 0 Å². The largest absolute Gasteiger partial charge is 0.388 e. The first kappa shape index (κ1) is 48.0. The van der Waals surface area contributed by atoms with E-state index in [1.807, 2.05) is 0 Å². The van der Waals surface area contributed by atoms with Gasteiger partial charge in [-0.3, -0.25) is 19.6 Å². The van der Waals surface area contributed by atoms with Crippen LogP contribution in [0, 0.1) is 11.8 Å². The number of aliphatic hydroxyl groups is 2. The minimum atomic E-state index is -4.91. The van der Waals surface area contributed by atoms with Gasteiger partial charge in [-0.05, 0) is 60.1 Å². The van der Waals surface area contributed by atoms with Gasteiger partial charge >= 0.3 is 20.4 Å². The Balaban J connectivity index is 1.96. The molecule has 60 heavy (non-hydrogen) atoms. The predicted molar refractivity (Wildman–Crippen MR) is 228 cm³/mol. The number of carbonyl (C=O) groups excluding carboxylic acids is 2. The molecule has 0 aliphatic rings. The third-order valence-electron chi connectivity index (χ3n) is 10.3. The molecule has 16 nitrogen and oxygen atoms in total. The van der Waals surface area contributed by atoms with E-state index in [9.17, 15) is 36.6 Å². The van der Waals surface area contributed by atoms with Gasteiger partial charge in [0.25, 0.3) is 11.8 Å². The van der Waals surface area contributed by atoms with Gasteiger partial charge in [0.2, 0.25) is 0 Å². The van der Waals surface area contributed by atoms with Crippen LogP contribution in [0.5, 0.6) is 0 Å². The second kappa shape index (κ2) is 21.2. The van der Waals surface area contributed by atoms with Crippen LogP contribution >= 0.6 is 0 Å². The standard InChI is InChI=1S/C42H58N8O8S2/c1-29(2)37(43)41(53)49(59(55,56)47(5)27-33-21-13-15-23-45-33)35(25-31-17-9-7-10-18-31)39(51)40(52)36(26-32-19-11-8-12-20-32)50(42(54)38(44)30(3)4)60(57,58)48(6)28-34-22-14-16-24-46-34/h7-24,29-30,35-40,51-52H,25-28,43-44H2,1-6H3/t35-,36-,37-,38-,39-,40+/m0/s1. The predicted octanol–water partition coefficient (Wildman–Crippen LogP) is 2.10. The molecule has 6 atom stereocenters. The molecule has 0 saturated carbocycles. The van der Waals surface area contributed by atoms with Gasteiger partial charge in [0.1, 0.15) is 12.2 Å². The summed E-state index contributed by atoms with van der Waals surface area (Å²) in [5, 5.41) is 25.2. The van der Waals surface area contributed by atoms with Crippen molar-refractivity contribution in [2.75, 3.05) is 14.1 Å². The monoisotopic (exact) mass is 866 g/mol. The molecule has 2 amide bonds. The number of pyridine rings is 2. The van der Waals surface area contributed by atoms with Gasteiger partial charge in [0, 0.05) is 26.5 Å². The number of aromatic nitrogens is 2. The Morgan fingerprint density at radius 2 is 0.883 bits per heavy atom. The molecule has 4 rings (SSSR count). The summed E-state index contributed by atoms with van der Waals surface area (Å²) in [6, 6.07) is 20.2. The van der Waals surface area contributed by atoms with Crippen molar-refractivity contribution in [1.29, 1.82) is 0 Å². The Labute approximate surface area is 354 Å². The van der Waals surface area contributed by atoms with Crippen molar-refractivity contribution in [2.45, 2.75) is 90.0 Å². The Morgan fingerprint density at radius 1 is 0.567 bits per heavy atom. The Morgan fingerprint density at radius 3 is 1.17 bits per heavy atom. The SMILES string of the molecule is CC(C)[C@H](N)C(=O)N([C@@H](Cc1ccccc1)[C@H](O)[C@H](O)[C@H](Cc1ccccc1)N(C(=O)[C@@H](N)C(C)C)S(=O)(=O)N(C)Cc1ccccn1)S(=O)(=O)N(C)Cc1ccccn1. The normalized spacial score (nSPS) is 15.4. The number of hydrogen-bond donors (Lipinski definition) is 4. The molecule has 0 aliphatic carbocycles. The fraction of sp³-hybridized carbons (Fsp3) is 0.429. The lowest BCUT2D eigenvalue weighted by atomic mass is 9.90. The van der Waals surface area contributed by atoms with E-state index in [0.29, 0.717) is 31.1 Å². The lowest BCUT2D eigenvalue weighted by Crippen LogP contribution is -2.65. The molecule has 2 aromatic carbocycles. The Bertz CT molecular complexity index is 2030. The van der Waals surface area contributed by atoms with E-state index in [1.54, 1.807) is 125 Å². The van der Waals surface area contributed by atoms with Crippen LogP contribution in [0.25, 0.3) is 0 Å². The molecular weight excluding hydrogens is 809 g/mol. The van der Waals surface area contributed by atoms with E-state index in [1.165, 1.54) is 26.5 Å². The summed E-state index contributed by atoms with van der Waals surface area (Å²) in [5.41, 5.74) is 14.4. The van der Waals surface area contributed by atoms with E-state index in [-0.39, 0.29) is 25.9 Å². The van der Waals surface area contributed by atoms with Crippen LogP contribution in [0.3, 0.4) is 0 Å². The highest BCUT2D eigenvalue weighted by molar-refractivity contribution is 7.87. The zero-order chi connectivity index (χ0) is 44.4. The van der Waals surface area contributed by atoms with E-state index in [4.69, 9.17) is 11.5 Å². The average molecular weight is 867 g/mol. The highest BCUT2D eigenvalue weighted by atomic mass is 32.2. The van der Waals surface area contributed by atoms with Gasteiger partial charge in [0.15, 0.2) is 0 Å². The third kappa shape index (κ3) is 11.8. The van der Waals surface area contributed by atoms with Gasteiger partial charge in [-0.15, -0.1) is 0 Å². The molecule has 0 unspecified atom stereocenters. The quantitative estimate of drug-likeness (QED) is 0.0944. The van der Waals surface area contributed by atoms with Crippen LogP contribution in [-0.2, 0) is 55.9 Å². The van der Waals surface area contributed by atoms with Crippen molar-refractivity contribution >= 4 is 32.2 Å². The molecule has 0 aliphatic heterocycles. The number of aliphatic hydroxyl groups excluding tert-OH is 2. The molecule has 0 fully saturated rings. The van der Waals surface area contributed by atoms with Crippen molar-refractivity contribution in [3.8, 4) is 0 Å². The molecule has 0 saturated heterocycles. The highest BCUT2D eigenvalue weighted by Gasteiger charge is 2.50. The topological polar surface area (TPSA) is 234 Å². The van der Waals surface area contributed by atoms with Crippen LogP contribution in [0.4, 0.5) is 0 Å². The zero-order valence-corrected chi connectivity index (χ0v) is 36.5. The number of rotatable bonds is 21. The molecule has 0 radical (unpaired) electrons. The number of nitrogens with two attached hydrogens (primary N) is 2. The second-order valence-corrected chi connectivity index (χ2v) is 19.3. The van der Waals surface area contributed by atoms with Crippen molar-refractivity contribution < 1.29 is 36.6 Å². The molecular formula is C42H58N8O8S2. The lowest BCUT2D eigenvalue weighted by molar-refractivity contribution is -0.139. The maximum atomic E-state index is 14.8. The van der Waals surface area contributed by atoms with E-state index in [2.05, 4.69) is 9.97 Å². The van der Waals surface area contributed by atoms with Crippen LogP contribution in [0.1, 0.15) is 50.2 Å². The number of amides is 2. The molecule has 326 valence electrons. The third-order valence-corrected chi connectivity index (χ3v) is 14.0. The van der Waals surface area contributed by atoms with Crippen molar-refractivity contribution in [1.82, 2.24) is 27.2 Å². The van der Waals surface area contributed by atoms with Gasteiger partial charge in [0.05, 0.1) is 48.6 Å². The molecule has 2 aromatic heterocycles. The summed E-state index contributed by atoms with van der Waals surface area (Å²) in [6.07, 6.45) is -2.20. The minimum absolute atomic E-state index is 0.284. The first-order chi connectivity index (χ1) is 28.3. The number of nitrogens with zero attached hydrogens (tertiary/aromatic N) is 6. The molecule has 4 aromatic rings. The molecule has 2 heterocycles. The summed E-state index contributed by atoms with van der Waals surface area (Å²) in [6.45, 7) is 5.96. The van der Waals surface area contributed by atoms with Crippen LogP contribution in [-0.4, -0.2) is 117 Å². The maximum Gasteiger partial charge on any atom is 0.306 e. The summed E-state index contributed by atoms with van der Waals surface area (Å²) < 4.78 is 62.0. The number of benzene rings is 2. The van der Waals surface area contributed by atoms with Crippen molar-refractivity contribution in [3.63, 3.8) is 0 Å². The van der Waals surface area contributed by atoms with E-state index in [0.717, 1.165) is 8.61 Å². The fourth-order valence-corrected chi connectivity index (χ4v) is 9.49. The van der Waals surface area contributed by atoms with E-state index < -0.39 is 80.4 Å². The summed E-state index contributed by atoms with van der Waals surface area (Å²) >= 11 is 0. The number of hydrogen-bond acceptors (Lipinski definition) is 12. The average Bonchev–Trinajstić information content (AvgIpc) is 3.23. The molecule has 6 N–H and O–H groups in total. The lowest BCUT2D eigenvalue weighted by Gasteiger charge is -2.43. The fourth-order valence-electron chi connectivity index (χ4n) is 6.51. The first-order valence-corrected chi connectivity index (χ1v) is 22.4. The summed E-state index contributed by atoms with van der Waals surface area (Å²) in [4.78, 5) is 37.5. The summed E-state index contributed by atoms with van der Waals surface area (Å²) in [7, 11) is -7.33. The smallest absolute Gasteiger partial charge is 0.306 e.